The summed E-state index contributed by atoms with van der Waals surface area (Å²) in [5, 5.41) is 12.2. The van der Waals surface area contributed by atoms with E-state index in [0.717, 1.165) is 12.7 Å². The van der Waals surface area contributed by atoms with Crippen molar-refractivity contribution in [3.63, 3.8) is 0 Å². The van der Waals surface area contributed by atoms with E-state index in [1.807, 2.05) is 0 Å². The molecule has 1 aromatic rings. The number of piperidine rings is 1. The molecule has 2 amide bonds. The fourth-order valence-electron chi connectivity index (χ4n) is 2.15. The van der Waals surface area contributed by atoms with Gasteiger partial charge in [0.05, 0.1) is 11.0 Å². The van der Waals surface area contributed by atoms with E-state index in [0.29, 0.717) is 25.2 Å². The molecule has 0 radical (unpaired) electrons. The second-order valence-corrected chi connectivity index (χ2v) is 6.99. The summed E-state index contributed by atoms with van der Waals surface area (Å²) in [5.41, 5.74) is 0.429. The maximum absolute atomic E-state index is 12.0. The van der Waals surface area contributed by atoms with Crippen molar-refractivity contribution in [2.24, 2.45) is 0 Å². The van der Waals surface area contributed by atoms with Gasteiger partial charge in [0.15, 0.2) is 9.84 Å². The average molecular weight is 298 g/mol. The molecule has 110 valence electrons. The predicted octanol–water partition coefficient (Wildman–Crippen LogP) is 1.08. The first-order valence-electron chi connectivity index (χ1n) is 6.40. The summed E-state index contributed by atoms with van der Waals surface area (Å²) in [4.78, 5) is 13.7. The number of benzene rings is 1. The molecule has 6 nitrogen and oxygen atoms in total. The van der Waals surface area contributed by atoms with Crippen molar-refractivity contribution in [3.8, 4) is 0 Å². The minimum atomic E-state index is -3.30. The number of sulfone groups is 1. The molecule has 0 aliphatic carbocycles. The van der Waals surface area contributed by atoms with Gasteiger partial charge in [-0.15, -0.1) is 0 Å². The zero-order chi connectivity index (χ0) is 14.8. The van der Waals surface area contributed by atoms with Crippen LogP contribution < -0.4 is 5.32 Å². The van der Waals surface area contributed by atoms with E-state index in [1.54, 1.807) is 12.1 Å². The van der Waals surface area contributed by atoms with E-state index in [-0.39, 0.29) is 10.9 Å². The molecule has 1 unspecified atom stereocenters. The normalized spacial score (nSPS) is 19.7. The molecule has 1 aliphatic heterocycles. The zero-order valence-electron chi connectivity index (χ0n) is 11.2. The van der Waals surface area contributed by atoms with Crippen molar-refractivity contribution in [2.45, 2.75) is 23.8 Å². The quantitative estimate of drug-likeness (QED) is 0.855. The van der Waals surface area contributed by atoms with Crippen LogP contribution in [-0.2, 0) is 9.84 Å². The molecule has 0 saturated carbocycles. The van der Waals surface area contributed by atoms with Gasteiger partial charge >= 0.3 is 6.03 Å². The van der Waals surface area contributed by atoms with Gasteiger partial charge in [0.1, 0.15) is 0 Å². The number of hydrogen-bond acceptors (Lipinski definition) is 4. The second kappa shape index (κ2) is 5.80. The van der Waals surface area contributed by atoms with Crippen LogP contribution >= 0.6 is 0 Å². The zero-order valence-corrected chi connectivity index (χ0v) is 12.1. The Morgan fingerprint density at radius 2 is 2.20 bits per heavy atom. The highest BCUT2D eigenvalue weighted by atomic mass is 32.2. The lowest BCUT2D eigenvalue weighted by Crippen LogP contribution is -2.44. The Balaban J connectivity index is 2.08. The number of carbonyl (C=O) groups excluding carboxylic acids is 1. The molecule has 1 saturated heterocycles. The number of rotatable bonds is 2. The summed E-state index contributed by atoms with van der Waals surface area (Å²) in [6.45, 7) is 0.895. The Morgan fingerprint density at radius 3 is 2.85 bits per heavy atom. The highest BCUT2D eigenvalue weighted by Gasteiger charge is 2.22. The summed E-state index contributed by atoms with van der Waals surface area (Å²) in [6.07, 6.45) is 2.09. The number of amides is 2. The van der Waals surface area contributed by atoms with E-state index in [9.17, 15) is 18.3 Å². The lowest BCUT2D eigenvalue weighted by Gasteiger charge is -2.30. The fraction of sp³-hybridized carbons (Fsp3) is 0.462. The summed E-state index contributed by atoms with van der Waals surface area (Å²) >= 11 is 0. The van der Waals surface area contributed by atoms with Crippen LogP contribution in [0.2, 0.25) is 0 Å². The van der Waals surface area contributed by atoms with Gasteiger partial charge in [-0.05, 0) is 31.0 Å². The molecule has 2 N–H and O–H groups in total. The Bertz CT molecular complexity index is 600. The van der Waals surface area contributed by atoms with Crippen LogP contribution in [0.25, 0.3) is 0 Å². The van der Waals surface area contributed by atoms with Crippen molar-refractivity contribution in [2.75, 3.05) is 24.7 Å². The number of β-amino-alcohol motifs (C(OH)–C–C–N with tert-alkyl or cyclic N) is 1. The molecule has 1 heterocycles. The summed E-state index contributed by atoms with van der Waals surface area (Å²) < 4.78 is 22.9. The number of hydrogen-bond donors (Lipinski definition) is 2. The first-order chi connectivity index (χ1) is 9.36. The molecule has 1 aliphatic rings. The van der Waals surface area contributed by atoms with Crippen LogP contribution in [0.5, 0.6) is 0 Å². The second-order valence-electron chi connectivity index (χ2n) is 4.97. The van der Waals surface area contributed by atoms with Crippen molar-refractivity contribution >= 4 is 21.6 Å². The summed E-state index contributed by atoms with van der Waals surface area (Å²) in [6, 6.07) is 5.79. The van der Waals surface area contributed by atoms with Crippen LogP contribution in [0.3, 0.4) is 0 Å². The van der Waals surface area contributed by atoms with Gasteiger partial charge in [-0.2, -0.15) is 0 Å². The molecule has 1 atom stereocenters. The monoisotopic (exact) mass is 298 g/mol. The Morgan fingerprint density at radius 1 is 1.45 bits per heavy atom. The molecular formula is C13H18N2O4S. The van der Waals surface area contributed by atoms with Crippen molar-refractivity contribution < 1.29 is 18.3 Å². The number of nitrogens with one attached hydrogen (secondary N) is 1. The van der Waals surface area contributed by atoms with Gasteiger partial charge in [-0.1, -0.05) is 6.07 Å². The number of anilines is 1. The SMILES string of the molecule is CS(=O)(=O)c1cccc(NC(=O)N2CCCC(O)C2)c1. The molecule has 2 rings (SSSR count). The van der Waals surface area contributed by atoms with Gasteiger partial charge in [0, 0.05) is 25.0 Å². The van der Waals surface area contributed by atoms with Gasteiger partial charge in [-0.3, -0.25) is 0 Å². The van der Waals surface area contributed by atoms with Gasteiger partial charge in [0.2, 0.25) is 0 Å². The van der Waals surface area contributed by atoms with Gasteiger partial charge in [0.25, 0.3) is 0 Å². The molecule has 7 heteroatoms. The Kier molecular flexibility index (Phi) is 4.29. The van der Waals surface area contributed by atoms with Gasteiger partial charge in [-0.25, -0.2) is 13.2 Å². The lowest BCUT2D eigenvalue weighted by atomic mass is 10.1. The van der Waals surface area contributed by atoms with E-state index >= 15 is 0 Å². The third-order valence-electron chi connectivity index (χ3n) is 3.20. The maximum atomic E-state index is 12.0. The number of nitrogens with zero attached hydrogens (tertiary/aromatic N) is 1. The van der Waals surface area contributed by atoms with Crippen LogP contribution in [0.1, 0.15) is 12.8 Å². The van der Waals surface area contributed by atoms with Crippen molar-refractivity contribution in [1.82, 2.24) is 4.90 Å². The number of urea groups is 1. The minimum absolute atomic E-state index is 0.161. The molecule has 0 spiro atoms. The van der Waals surface area contributed by atoms with E-state index < -0.39 is 15.9 Å². The Hall–Kier alpha value is -1.60. The molecule has 0 aromatic heterocycles. The summed E-state index contributed by atoms with van der Waals surface area (Å²) in [5.74, 6) is 0. The van der Waals surface area contributed by atoms with Crippen LogP contribution in [0.4, 0.5) is 10.5 Å². The van der Waals surface area contributed by atoms with Crippen molar-refractivity contribution in [3.05, 3.63) is 24.3 Å². The lowest BCUT2D eigenvalue weighted by molar-refractivity contribution is 0.0883. The molecule has 20 heavy (non-hydrogen) atoms. The predicted molar refractivity (Wildman–Crippen MR) is 75.4 cm³/mol. The highest BCUT2D eigenvalue weighted by molar-refractivity contribution is 7.90. The minimum Gasteiger partial charge on any atom is -0.391 e. The van der Waals surface area contributed by atoms with Crippen molar-refractivity contribution in [1.29, 1.82) is 0 Å². The number of aliphatic hydroxyl groups excluding tert-OH is 1. The van der Waals surface area contributed by atoms with E-state index in [2.05, 4.69) is 5.32 Å². The third-order valence-corrected chi connectivity index (χ3v) is 4.31. The van der Waals surface area contributed by atoms with Crippen LogP contribution in [0, 0.1) is 0 Å². The standard InChI is InChI=1S/C13H18N2O4S/c1-20(18,19)12-6-2-4-10(8-12)14-13(17)15-7-3-5-11(16)9-15/h2,4,6,8,11,16H,3,5,7,9H2,1H3,(H,14,17). The Labute approximate surface area is 118 Å². The molecular weight excluding hydrogens is 280 g/mol. The molecule has 0 bridgehead atoms. The third kappa shape index (κ3) is 3.71. The van der Waals surface area contributed by atoms with E-state index in [1.165, 1.54) is 17.0 Å². The topological polar surface area (TPSA) is 86.7 Å². The number of aliphatic hydroxyl groups is 1. The summed E-state index contributed by atoms with van der Waals surface area (Å²) in [7, 11) is -3.30. The van der Waals surface area contributed by atoms with Crippen LogP contribution in [0.15, 0.2) is 29.2 Å². The largest absolute Gasteiger partial charge is 0.391 e. The smallest absolute Gasteiger partial charge is 0.321 e. The first kappa shape index (κ1) is 14.8. The van der Waals surface area contributed by atoms with Gasteiger partial charge < -0.3 is 15.3 Å². The van der Waals surface area contributed by atoms with E-state index in [4.69, 9.17) is 0 Å². The van der Waals surface area contributed by atoms with Crippen LogP contribution in [-0.4, -0.2) is 49.9 Å². The molecule has 1 aromatic carbocycles. The molecule has 1 fully saturated rings. The maximum Gasteiger partial charge on any atom is 0.321 e. The fourth-order valence-corrected chi connectivity index (χ4v) is 2.81. The highest BCUT2D eigenvalue weighted by Crippen LogP contribution is 2.17. The average Bonchev–Trinajstić information content (AvgIpc) is 2.38. The number of carbonyl (C=O) groups is 1. The first-order valence-corrected chi connectivity index (χ1v) is 8.29. The number of likely N-dealkylation sites (tertiary alicyclic amines) is 1.